The first-order valence-electron chi connectivity index (χ1n) is 5.21. The lowest BCUT2D eigenvalue weighted by Crippen LogP contribution is -2.69. The van der Waals surface area contributed by atoms with Gasteiger partial charge in [0.15, 0.2) is 12.1 Å². The Hall–Kier alpha value is -1.88. The Kier molecular flexibility index (Phi) is 2.85. The summed E-state index contributed by atoms with van der Waals surface area (Å²) >= 11 is 0. The molecule has 0 radical (unpaired) electrons. The highest BCUT2D eigenvalue weighted by molar-refractivity contribution is 6.12. The van der Waals surface area contributed by atoms with Gasteiger partial charge in [0.25, 0.3) is 5.91 Å². The van der Waals surface area contributed by atoms with Crippen molar-refractivity contribution in [3.8, 4) is 0 Å². The molecule has 2 atom stereocenters. The number of carboxylic acid groups (broad SMARTS) is 1. The summed E-state index contributed by atoms with van der Waals surface area (Å²) in [7, 11) is 1.34. The number of carboxylic acids is 1. The van der Waals surface area contributed by atoms with Crippen LogP contribution in [0.4, 0.5) is 5.69 Å². The maximum absolute atomic E-state index is 11.7. The Labute approximate surface area is 98.6 Å². The van der Waals surface area contributed by atoms with E-state index in [1.54, 1.807) is 12.1 Å². The van der Waals surface area contributed by atoms with Crippen LogP contribution < -0.4 is 4.90 Å². The number of carbonyl (C=O) groups excluding carboxylic acids is 1. The molecule has 0 saturated carbocycles. The van der Waals surface area contributed by atoms with Crippen LogP contribution in [0.25, 0.3) is 0 Å². The van der Waals surface area contributed by atoms with E-state index < -0.39 is 18.1 Å². The molecule has 1 N–H and O–H groups in total. The van der Waals surface area contributed by atoms with Crippen LogP contribution in [0.1, 0.15) is 5.56 Å². The second-order valence-electron chi connectivity index (χ2n) is 3.98. The predicted molar refractivity (Wildman–Crippen MR) is 60.9 cm³/mol. The summed E-state index contributed by atoms with van der Waals surface area (Å²) in [5.74, 6) is -1.37. The Morgan fingerprint density at radius 3 is 2.41 bits per heavy atom. The van der Waals surface area contributed by atoms with Gasteiger partial charge in [0.2, 0.25) is 0 Å². The van der Waals surface area contributed by atoms with Crippen molar-refractivity contribution in [2.24, 2.45) is 0 Å². The molecule has 1 fully saturated rings. The second-order valence-corrected chi connectivity index (χ2v) is 3.98. The molecule has 1 amide bonds. The summed E-state index contributed by atoms with van der Waals surface area (Å²) in [4.78, 5) is 24.0. The molecule has 0 unspecified atom stereocenters. The van der Waals surface area contributed by atoms with Crippen molar-refractivity contribution >= 4 is 17.6 Å². The molecule has 2 rings (SSSR count). The third-order valence-electron chi connectivity index (χ3n) is 2.86. The minimum atomic E-state index is -1.06. The largest absolute Gasteiger partial charge is 0.480 e. The number of aryl methyl sites for hydroxylation is 1. The van der Waals surface area contributed by atoms with Crippen molar-refractivity contribution in [3.05, 3.63) is 29.8 Å². The average Bonchev–Trinajstić information content (AvgIpc) is 2.28. The summed E-state index contributed by atoms with van der Waals surface area (Å²) in [6, 6.07) is 6.20. The quantitative estimate of drug-likeness (QED) is 0.787. The molecule has 0 spiro atoms. The third-order valence-corrected chi connectivity index (χ3v) is 2.86. The van der Waals surface area contributed by atoms with Crippen LogP contribution in [0.5, 0.6) is 0 Å². The molecule has 1 aliphatic rings. The zero-order valence-corrected chi connectivity index (χ0v) is 9.58. The smallest absolute Gasteiger partial charge is 0.330 e. The van der Waals surface area contributed by atoms with E-state index >= 15 is 0 Å². The summed E-state index contributed by atoms with van der Waals surface area (Å²) in [6.45, 7) is 1.92. The lowest BCUT2D eigenvalue weighted by molar-refractivity contribution is -0.155. The first-order valence-corrected chi connectivity index (χ1v) is 5.21. The molecule has 90 valence electrons. The van der Waals surface area contributed by atoms with Crippen LogP contribution in [-0.2, 0) is 14.3 Å². The molecular weight excluding hydrogens is 222 g/mol. The van der Waals surface area contributed by atoms with Crippen LogP contribution in [0, 0.1) is 6.92 Å². The Morgan fingerprint density at radius 1 is 1.35 bits per heavy atom. The van der Waals surface area contributed by atoms with Crippen LogP contribution >= 0.6 is 0 Å². The summed E-state index contributed by atoms with van der Waals surface area (Å²) in [5, 5.41) is 9.06. The molecule has 0 aliphatic carbocycles. The average molecular weight is 235 g/mol. The third kappa shape index (κ3) is 1.78. The monoisotopic (exact) mass is 235 g/mol. The van der Waals surface area contributed by atoms with Crippen LogP contribution in [-0.4, -0.2) is 36.2 Å². The van der Waals surface area contributed by atoms with Gasteiger partial charge in [0, 0.05) is 12.8 Å². The number of rotatable bonds is 3. The van der Waals surface area contributed by atoms with Gasteiger partial charge in [-0.2, -0.15) is 0 Å². The number of nitrogens with zero attached hydrogens (tertiary/aromatic N) is 1. The molecule has 5 nitrogen and oxygen atoms in total. The molecule has 5 heteroatoms. The fourth-order valence-electron chi connectivity index (χ4n) is 1.93. The number of aliphatic carboxylic acids is 1. The number of hydrogen-bond donors (Lipinski definition) is 1. The van der Waals surface area contributed by atoms with Crippen LogP contribution in [0.15, 0.2) is 24.3 Å². The van der Waals surface area contributed by atoms with Gasteiger partial charge in [-0.25, -0.2) is 4.79 Å². The topological polar surface area (TPSA) is 66.8 Å². The van der Waals surface area contributed by atoms with Gasteiger partial charge in [-0.15, -0.1) is 0 Å². The number of hydrogen-bond acceptors (Lipinski definition) is 3. The van der Waals surface area contributed by atoms with Gasteiger partial charge < -0.3 is 9.84 Å². The van der Waals surface area contributed by atoms with Crippen LogP contribution in [0.2, 0.25) is 0 Å². The summed E-state index contributed by atoms with van der Waals surface area (Å²) in [6.07, 6.45) is -0.881. The van der Waals surface area contributed by atoms with E-state index in [0.29, 0.717) is 5.69 Å². The van der Waals surface area contributed by atoms with Gasteiger partial charge in [-0.05, 0) is 19.1 Å². The first-order chi connectivity index (χ1) is 8.06. The summed E-state index contributed by atoms with van der Waals surface area (Å²) < 4.78 is 4.88. The van der Waals surface area contributed by atoms with Crippen molar-refractivity contribution in [3.63, 3.8) is 0 Å². The van der Waals surface area contributed by atoms with E-state index in [1.165, 1.54) is 12.0 Å². The Bertz CT molecular complexity index is 454. The van der Waals surface area contributed by atoms with Crippen molar-refractivity contribution in [1.29, 1.82) is 0 Å². The Morgan fingerprint density at radius 2 is 1.94 bits per heavy atom. The lowest BCUT2D eigenvalue weighted by Gasteiger charge is -2.43. The highest BCUT2D eigenvalue weighted by atomic mass is 16.5. The molecule has 0 bridgehead atoms. The lowest BCUT2D eigenvalue weighted by atomic mass is 9.96. The van der Waals surface area contributed by atoms with Gasteiger partial charge >= 0.3 is 5.97 Å². The van der Waals surface area contributed by atoms with Crippen molar-refractivity contribution in [1.82, 2.24) is 0 Å². The van der Waals surface area contributed by atoms with Gasteiger partial charge in [0.1, 0.15) is 0 Å². The molecule has 1 heterocycles. The van der Waals surface area contributed by atoms with E-state index in [1.807, 2.05) is 19.1 Å². The van der Waals surface area contributed by atoms with Gasteiger partial charge in [-0.1, -0.05) is 17.7 Å². The maximum atomic E-state index is 11.7. The number of β-lactam (4-membered cyclic amide) rings is 1. The van der Waals surface area contributed by atoms with E-state index in [-0.39, 0.29) is 5.91 Å². The van der Waals surface area contributed by atoms with E-state index in [2.05, 4.69) is 0 Å². The number of amides is 1. The van der Waals surface area contributed by atoms with Crippen molar-refractivity contribution < 1.29 is 19.4 Å². The normalized spacial score (nSPS) is 23.4. The van der Waals surface area contributed by atoms with E-state index in [0.717, 1.165) is 5.56 Å². The standard InChI is InChI=1S/C12H13NO4/c1-7-3-5-8(6-4-7)13-9(12(15)16)10(17-2)11(13)14/h3-6,9-10H,1-2H3,(H,15,16)/t9-,10+/m1/s1. The molecule has 1 aromatic rings. The second kappa shape index (κ2) is 4.18. The SMILES string of the molecule is CO[C@@H]1C(=O)N(c2ccc(C)cc2)[C@H]1C(=O)O. The molecule has 1 saturated heterocycles. The molecule has 17 heavy (non-hydrogen) atoms. The number of benzene rings is 1. The number of methoxy groups -OCH3 is 1. The zero-order chi connectivity index (χ0) is 12.6. The zero-order valence-electron chi connectivity index (χ0n) is 9.58. The Balaban J connectivity index is 2.29. The fourth-order valence-corrected chi connectivity index (χ4v) is 1.93. The number of carbonyl (C=O) groups is 2. The highest BCUT2D eigenvalue weighted by Crippen LogP contribution is 2.30. The van der Waals surface area contributed by atoms with Crippen LogP contribution in [0.3, 0.4) is 0 Å². The van der Waals surface area contributed by atoms with Crippen molar-refractivity contribution in [2.75, 3.05) is 12.0 Å². The van der Waals surface area contributed by atoms with Gasteiger partial charge in [0.05, 0.1) is 0 Å². The minimum Gasteiger partial charge on any atom is -0.480 e. The van der Waals surface area contributed by atoms with Crippen molar-refractivity contribution in [2.45, 2.75) is 19.1 Å². The number of ether oxygens (including phenoxy) is 1. The maximum Gasteiger partial charge on any atom is 0.330 e. The summed E-state index contributed by atoms with van der Waals surface area (Å²) in [5.41, 5.74) is 1.64. The molecular formula is C12H13NO4. The molecule has 1 aromatic carbocycles. The van der Waals surface area contributed by atoms with E-state index in [4.69, 9.17) is 9.84 Å². The molecule has 0 aromatic heterocycles. The minimum absolute atomic E-state index is 0.316. The number of anilines is 1. The van der Waals surface area contributed by atoms with E-state index in [9.17, 15) is 9.59 Å². The molecule has 1 aliphatic heterocycles. The van der Waals surface area contributed by atoms with Gasteiger partial charge in [-0.3, -0.25) is 9.69 Å². The highest BCUT2D eigenvalue weighted by Gasteiger charge is 2.53. The predicted octanol–water partition coefficient (Wildman–Crippen LogP) is 0.810. The fraction of sp³-hybridized carbons (Fsp3) is 0.333. The first kappa shape index (κ1) is 11.6.